The second-order valence-corrected chi connectivity index (χ2v) is 5.86. The number of benzene rings is 1. The van der Waals surface area contributed by atoms with Gasteiger partial charge in [0, 0.05) is 11.8 Å². The van der Waals surface area contributed by atoms with E-state index in [1.807, 2.05) is 0 Å². The molecule has 0 radical (unpaired) electrons. The summed E-state index contributed by atoms with van der Waals surface area (Å²) in [5.41, 5.74) is -1.11. The zero-order valence-corrected chi connectivity index (χ0v) is 12.6. The molecule has 1 fully saturated rings. The first-order valence-electron chi connectivity index (χ1n) is 7.41. The zero-order chi connectivity index (χ0) is 17.5. The maximum Gasteiger partial charge on any atom is 0.398 e. The molecule has 2 amide bonds. The Morgan fingerprint density at radius 3 is 2.29 bits per heavy atom. The number of anilines is 1. The van der Waals surface area contributed by atoms with Gasteiger partial charge < -0.3 is 10.4 Å². The minimum Gasteiger partial charge on any atom is -0.395 e. The van der Waals surface area contributed by atoms with Crippen molar-refractivity contribution in [1.29, 1.82) is 0 Å². The summed E-state index contributed by atoms with van der Waals surface area (Å²) in [5.74, 6) is -1.12. The molecule has 1 aromatic rings. The largest absolute Gasteiger partial charge is 0.398 e. The molecule has 5 nitrogen and oxygen atoms in total. The van der Waals surface area contributed by atoms with Crippen LogP contribution in [-0.2, 0) is 15.0 Å². The number of hydrogen-bond acceptors (Lipinski definition) is 4. The first-order valence-corrected chi connectivity index (χ1v) is 7.41. The summed E-state index contributed by atoms with van der Waals surface area (Å²) in [5, 5.41) is 11.6. The van der Waals surface area contributed by atoms with Crippen molar-refractivity contribution in [3.63, 3.8) is 0 Å². The Kier molecular flexibility index (Phi) is 3.87. The maximum absolute atomic E-state index is 13.1. The molecule has 1 aliphatic carbocycles. The Morgan fingerprint density at radius 2 is 1.79 bits per heavy atom. The van der Waals surface area contributed by atoms with E-state index < -0.39 is 23.4 Å². The fraction of sp³-hybridized carbons (Fsp3) is 0.375. The average molecular weight is 340 g/mol. The van der Waals surface area contributed by atoms with Crippen LogP contribution < -0.4 is 5.32 Å². The van der Waals surface area contributed by atoms with E-state index in [0.717, 1.165) is 11.0 Å². The quantitative estimate of drug-likeness (QED) is 0.804. The van der Waals surface area contributed by atoms with Gasteiger partial charge in [0.2, 0.25) is 0 Å². The van der Waals surface area contributed by atoms with Gasteiger partial charge in [-0.05, 0) is 30.5 Å². The number of halogens is 3. The van der Waals surface area contributed by atoms with E-state index in [1.54, 1.807) is 0 Å². The van der Waals surface area contributed by atoms with Crippen molar-refractivity contribution in [3.8, 4) is 0 Å². The number of nitrogens with one attached hydrogen (secondary N) is 1. The van der Waals surface area contributed by atoms with E-state index in [0.29, 0.717) is 5.69 Å². The molecular formula is C16H15F3N2O3. The number of amides is 2. The molecule has 2 N–H and O–H groups in total. The molecule has 2 aliphatic rings. The van der Waals surface area contributed by atoms with Crippen LogP contribution in [0.2, 0.25) is 0 Å². The molecule has 128 valence electrons. The molecule has 0 aromatic heterocycles. The van der Waals surface area contributed by atoms with Gasteiger partial charge in [-0.25, -0.2) is 0 Å². The van der Waals surface area contributed by atoms with E-state index in [9.17, 15) is 22.8 Å². The van der Waals surface area contributed by atoms with Gasteiger partial charge in [-0.3, -0.25) is 14.5 Å². The van der Waals surface area contributed by atoms with Crippen molar-refractivity contribution < 1.29 is 27.9 Å². The number of imide groups is 1. The summed E-state index contributed by atoms with van der Waals surface area (Å²) in [6.45, 7) is -0.445. The lowest BCUT2D eigenvalue weighted by molar-refractivity contribution is -0.160. The Morgan fingerprint density at radius 1 is 1.17 bits per heavy atom. The predicted octanol–water partition coefficient (Wildman–Crippen LogP) is 1.94. The number of carbonyl (C=O) groups is 2. The minimum atomic E-state index is -4.27. The number of carbonyl (C=O) groups excluding carboxylic acids is 2. The van der Waals surface area contributed by atoms with Gasteiger partial charge in [0.05, 0.1) is 18.6 Å². The van der Waals surface area contributed by atoms with Gasteiger partial charge in [-0.1, -0.05) is 12.1 Å². The average Bonchev–Trinajstić information content (AvgIpc) is 3.29. The molecule has 0 bridgehead atoms. The number of aliphatic hydroxyl groups excluding tert-OH is 1. The van der Waals surface area contributed by atoms with E-state index in [1.165, 1.54) is 24.3 Å². The number of β-amino-alcohol motifs (C(OH)–C–C–N with tert-alkyl or cyclic N) is 1. The third kappa shape index (κ3) is 2.66. The molecule has 1 aliphatic heterocycles. The fourth-order valence-electron chi connectivity index (χ4n) is 2.80. The third-order valence-corrected chi connectivity index (χ3v) is 4.34. The molecule has 0 unspecified atom stereocenters. The van der Waals surface area contributed by atoms with Crippen LogP contribution in [0, 0.1) is 0 Å². The van der Waals surface area contributed by atoms with Crippen LogP contribution in [0.1, 0.15) is 18.4 Å². The Balaban J connectivity index is 1.73. The Labute approximate surface area is 135 Å². The number of alkyl halides is 3. The first kappa shape index (κ1) is 16.5. The van der Waals surface area contributed by atoms with Gasteiger partial charge in [0.15, 0.2) is 0 Å². The smallest absolute Gasteiger partial charge is 0.395 e. The summed E-state index contributed by atoms with van der Waals surface area (Å²) in [6.07, 6.45) is -3.01. The second kappa shape index (κ2) is 5.62. The second-order valence-electron chi connectivity index (χ2n) is 5.86. The molecule has 0 saturated heterocycles. The van der Waals surface area contributed by atoms with Crippen molar-refractivity contribution in [2.75, 3.05) is 18.5 Å². The number of rotatable bonds is 5. The van der Waals surface area contributed by atoms with Gasteiger partial charge in [-0.15, -0.1) is 0 Å². The number of aliphatic hydroxyl groups is 1. The van der Waals surface area contributed by atoms with E-state index >= 15 is 0 Å². The molecule has 1 heterocycles. The van der Waals surface area contributed by atoms with Crippen molar-refractivity contribution in [3.05, 3.63) is 41.6 Å². The van der Waals surface area contributed by atoms with Gasteiger partial charge >= 0.3 is 6.18 Å². The lowest BCUT2D eigenvalue weighted by atomic mass is 9.95. The highest BCUT2D eigenvalue weighted by Gasteiger charge is 2.64. The summed E-state index contributed by atoms with van der Waals surface area (Å²) < 4.78 is 39.3. The van der Waals surface area contributed by atoms with Crippen LogP contribution in [0.15, 0.2) is 36.0 Å². The fourth-order valence-corrected chi connectivity index (χ4v) is 2.80. The summed E-state index contributed by atoms with van der Waals surface area (Å²) in [7, 11) is 0. The highest BCUT2D eigenvalue weighted by Crippen LogP contribution is 2.58. The van der Waals surface area contributed by atoms with Gasteiger partial charge in [-0.2, -0.15) is 13.2 Å². The van der Waals surface area contributed by atoms with E-state index in [-0.39, 0.29) is 37.3 Å². The van der Waals surface area contributed by atoms with Crippen molar-refractivity contribution in [2.45, 2.75) is 24.4 Å². The Bertz CT molecular complexity index is 706. The summed E-state index contributed by atoms with van der Waals surface area (Å²) in [6, 6.07) is 5.68. The van der Waals surface area contributed by atoms with Crippen molar-refractivity contribution >= 4 is 17.5 Å². The molecule has 0 atom stereocenters. The number of hydrogen-bond donors (Lipinski definition) is 2. The lowest BCUT2D eigenvalue weighted by Gasteiger charge is -2.20. The monoisotopic (exact) mass is 340 g/mol. The molecule has 3 rings (SSSR count). The normalized spacial score (nSPS) is 19.5. The van der Waals surface area contributed by atoms with Crippen LogP contribution in [0.25, 0.3) is 0 Å². The molecular weight excluding hydrogens is 325 g/mol. The van der Waals surface area contributed by atoms with Crippen molar-refractivity contribution in [1.82, 2.24) is 4.90 Å². The Hall–Kier alpha value is -2.35. The van der Waals surface area contributed by atoms with Crippen LogP contribution >= 0.6 is 0 Å². The molecule has 0 spiro atoms. The zero-order valence-electron chi connectivity index (χ0n) is 12.6. The molecule has 8 heteroatoms. The first-order chi connectivity index (χ1) is 11.3. The van der Waals surface area contributed by atoms with Gasteiger partial charge in [0.1, 0.15) is 5.70 Å². The van der Waals surface area contributed by atoms with Crippen molar-refractivity contribution in [2.24, 2.45) is 0 Å². The SMILES string of the molecule is O=C1C=C(Nc2ccc(C3(C(F)(F)F)CC3)cc2)C(=O)N1CCO. The predicted molar refractivity (Wildman–Crippen MR) is 78.9 cm³/mol. The van der Waals surface area contributed by atoms with E-state index in [2.05, 4.69) is 5.32 Å². The number of nitrogens with zero attached hydrogens (tertiary/aromatic N) is 1. The third-order valence-electron chi connectivity index (χ3n) is 4.34. The van der Waals surface area contributed by atoms with Gasteiger partial charge in [0.25, 0.3) is 11.8 Å². The highest BCUT2D eigenvalue weighted by atomic mass is 19.4. The maximum atomic E-state index is 13.1. The molecule has 1 saturated carbocycles. The van der Waals surface area contributed by atoms with Crippen LogP contribution in [-0.4, -0.2) is 41.1 Å². The molecule has 24 heavy (non-hydrogen) atoms. The van der Waals surface area contributed by atoms with Crippen LogP contribution in [0.3, 0.4) is 0 Å². The summed E-state index contributed by atoms with van der Waals surface area (Å²) in [4.78, 5) is 24.5. The highest BCUT2D eigenvalue weighted by molar-refractivity contribution is 6.17. The van der Waals surface area contributed by atoms with E-state index in [4.69, 9.17) is 5.11 Å². The van der Waals surface area contributed by atoms with Crippen LogP contribution in [0.5, 0.6) is 0 Å². The minimum absolute atomic E-state index is 0.0261. The summed E-state index contributed by atoms with van der Waals surface area (Å²) >= 11 is 0. The topological polar surface area (TPSA) is 69.6 Å². The molecule has 1 aromatic carbocycles. The van der Waals surface area contributed by atoms with Crippen LogP contribution in [0.4, 0.5) is 18.9 Å². The lowest BCUT2D eigenvalue weighted by Crippen LogP contribution is -2.34. The standard InChI is InChI=1S/C16H15F3N2O3/c17-16(18,19)15(5-6-15)10-1-3-11(4-2-10)20-12-9-13(23)21(7-8-22)14(12)24/h1-4,9,20,22H,5-8H2.